The van der Waals surface area contributed by atoms with Crippen LogP contribution in [0.4, 0.5) is 5.13 Å². The fourth-order valence-corrected chi connectivity index (χ4v) is 2.08. The first-order valence-corrected chi connectivity index (χ1v) is 6.02. The lowest BCUT2D eigenvalue weighted by Crippen LogP contribution is -2.24. The molecule has 0 saturated carbocycles. The number of nitrogens with two attached hydrogens (primary N) is 1. The van der Waals surface area contributed by atoms with Crippen molar-refractivity contribution in [3.05, 3.63) is 34.6 Å². The van der Waals surface area contributed by atoms with E-state index in [-0.39, 0.29) is 5.91 Å². The van der Waals surface area contributed by atoms with Gasteiger partial charge < -0.3 is 15.6 Å². The first-order chi connectivity index (χ1) is 8.60. The van der Waals surface area contributed by atoms with Gasteiger partial charge >= 0.3 is 0 Å². The number of carbonyl (C=O) groups is 1. The summed E-state index contributed by atoms with van der Waals surface area (Å²) in [4.78, 5) is 15.9. The van der Waals surface area contributed by atoms with Crippen LogP contribution in [-0.4, -0.2) is 15.5 Å². The third kappa shape index (κ3) is 2.49. The zero-order chi connectivity index (χ0) is 13.1. The van der Waals surface area contributed by atoms with Crippen LogP contribution in [0.25, 0.3) is 0 Å². The van der Waals surface area contributed by atoms with Crippen molar-refractivity contribution >= 4 is 22.4 Å². The van der Waals surface area contributed by atoms with Crippen LogP contribution in [0, 0.1) is 11.3 Å². The van der Waals surface area contributed by atoms with Crippen molar-refractivity contribution < 1.29 is 4.79 Å². The Morgan fingerprint density at radius 3 is 3.06 bits per heavy atom. The summed E-state index contributed by atoms with van der Waals surface area (Å²) in [6.07, 6.45) is 1.61. The van der Waals surface area contributed by atoms with Gasteiger partial charge in [-0.1, -0.05) is 0 Å². The van der Waals surface area contributed by atoms with E-state index in [2.05, 4.69) is 10.3 Å². The number of hydrogen-bond acceptors (Lipinski definition) is 5. The van der Waals surface area contributed by atoms with Gasteiger partial charge in [0.1, 0.15) is 11.8 Å². The average molecular weight is 261 g/mol. The minimum Gasteiger partial charge on any atom is -0.375 e. The van der Waals surface area contributed by atoms with Gasteiger partial charge in [-0.2, -0.15) is 5.26 Å². The minimum atomic E-state index is -0.245. The molecule has 0 aromatic carbocycles. The second-order valence-electron chi connectivity index (χ2n) is 3.70. The molecule has 6 nitrogen and oxygen atoms in total. The summed E-state index contributed by atoms with van der Waals surface area (Å²) in [6.45, 7) is 0.319. The largest absolute Gasteiger partial charge is 0.375 e. The second kappa shape index (κ2) is 4.89. The predicted octanol–water partition coefficient (Wildman–Crippen LogP) is 0.865. The highest BCUT2D eigenvalue weighted by molar-refractivity contribution is 7.13. The van der Waals surface area contributed by atoms with Gasteiger partial charge in [0.15, 0.2) is 5.13 Å². The molecule has 0 aliphatic heterocycles. The Morgan fingerprint density at radius 2 is 2.50 bits per heavy atom. The van der Waals surface area contributed by atoms with Gasteiger partial charge in [0.2, 0.25) is 0 Å². The summed E-state index contributed by atoms with van der Waals surface area (Å²) < 4.78 is 1.61. The Labute approximate surface area is 108 Å². The predicted molar refractivity (Wildman–Crippen MR) is 67.8 cm³/mol. The molecule has 0 aliphatic rings. The van der Waals surface area contributed by atoms with E-state index in [0.717, 1.165) is 5.69 Å². The summed E-state index contributed by atoms with van der Waals surface area (Å²) in [7, 11) is 1.72. The summed E-state index contributed by atoms with van der Waals surface area (Å²) >= 11 is 1.33. The fourth-order valence-electron chi connectivity index (χ4n) is 1.52. The molecule has 3 N–H and O–H groups in total. The van der Waals surface area contributed by atoms with Gasteiger partial charge in [-0.15, -0.1) is 11.3 Å². The molecule has 0 radical (unpaired) electrons. The Morgan fingerprint density at radius 1 is 1.72 bits per heavy atom. The van der Waals surface area contributed by atoms with E-state index in [1.807, 2.05) is 6.07 Å². The number of amides is 1. The van der Waals surface area contributed by atoms with Gasteiger partial charge in [0.25, 0.3) is 5.91 Å². The van der Waals surface area contributed by atoms with Crippen LogP contribution in [0.15, 0.2) is 17.6 Å². The van der Waals surface area contributed by atoms with E-state index >= 15 is 0 Å². The molecular weight excluding hydrogens is 250 g/mol. The van der Waals surface area contributed by atoms with Crippen molar-refractivity contribution in [1.82, 2.24) is 14.9 Å². The summed E-state index contributed by atoms with van der Waals surface area (Å²) in [6, 6.07) is 3.54. The maximum atomic E-state index is 11.9. The van der Waals surface area contributed by atoms with Crippen molar-refractivity contribution in [1.29, 1.82) is 5.26 Å². The van der Waals surface area contributed by atoms with E-state index in [1.54, 1.807) is 29.3 Å². The van der Waals surface area contributed by atoms with Gasteiger partial charge in [-0.3, -0.25) is 4.79 Å². The number of hydrogen-bond donors (Lipinski definition) is 2. The quantitative estimate of drug-likeness (QED) is 0.856. The van der Waals surface area contributed by atoms with Crippen molar-refractivity contribution in [3.63, 3.8) is 0 Å². The SMILES string of the molecule is Cn1cc(C#N)cc1C(=O)NCc1csc(N)n1. The Balaban J connectivity index is 2.04. The molecule has 0 unspecified atom stereocenters. The highest BCUT2D eigenvalue weighted by Gasteiger charge is 2.11. The van der Waals surface area contributed by atoms with Crippen LogP contribution >= 0.6 is 11.3 Å². The van der Waals surface area contributed by atoms with Crippen LogP contribution in [0.2, 0.25) is 0 Å². The molecule has 0 atom stereocenters. The van der Waals surface area contributed by atoms with Gasteiger partial charge in [0.05, 0.1) is 17.8 Å². The van der Waals surface area contributed by atoms with Crippen molar-refractivity contribution in [2.45, 2.75) is 6.54 Å². The molecule has 2 rings (SSSR count). The molecular formula is C11H11N5OS. The Bertz CT molecular complexity index is 622. The van der Waals surface area contributed by atoms with Crippen molar-refractivity contribution in [2.75, 3.05) is 5.73 Å². The van der Waals surface area contributed by atoms with Gasteiger partial charge in [-0.05, 0) is 6.07 Å². The van der Waals surface area contributed by atoms with Crippen molar-refractivity contribution in [3.8, 4) is 6.07 Å². The molecule has 1 amide bonds. The maximum absolute atomic E-state index is 11.9. The van der Waals surface area contributed by atoms with Crippen LogP contribution in [0.3, 0.4) is 0 Å². The number of aromatic nitrogens is 2. The number of nitrogens with zero attached hydrogens (tertiary/aromatic N) is 3. The topological polar surface area (TPSA) is 96.7 Å². The molecule has 2 aromatic heterocycles. The summed E-state index contributed by atoms with van der Waals surface area (Å²) in [5.74, 6) is -0.245. The van der Waals surface area contributed by atoms with E-state index < -0.39 is 0 Å². The Kier molecular flexibility index (Phi) is 3.30. The molecule has 2 aromatic rings. The second-order valence-corrected chi connectivity index (χ2v) is 4.59. The lowest BCUT2D eigenvalue weighted by atomic mass is 10.3. The van der Waals surface area contributed by atoms with Crippen LogP contribution in [0.5, 0.6) is 0 Å². The summed E-state index contributed by atoms with van der Waals surface area (Å²) in [5, 5.41) is 13.7. The molecule has 18 heavy (non-hydrogen) atoms. The number of aryl methyl sites for hydroxylation is 1. The number of carbonyl (C=O) groups excluding carboxylic acids is 1. The molecule has 0 bridgehead atoms. The molecule has 2 heterocycles. The maximum Gasteiger partial charge on any atom is 0.268 e. The highest BCUT2D eigenvalue weighted by atomic mass is 32.1. The molecule has 7 heteroatoms. The smallest absolute Gasteiger partial charge is 0.268 e. The number of thiazole rings is 1. The van der Waals surface area contributed by atoms with Crippen LogP contribution < -0.4 is 11.1 Å². The zero-order valence-corrected chi connectivity index (χ0v) is 10.5. The van der Waals surface area contributed by atoms with Gasteiger partial charge in [0, 0.05) is 18.6 Å². The summed E-state index contributed by atoms with van der Waals surface area (Å²) in [5.41, 5.74) is 7.12. The normalized spacial score (nSPS) is 10.0. The first-order valence-electron chi connectivity index (χ1n) is 5.14. The monoisotopic (exact) mass is 261 g/mol. The van der Waals surface area contributed by atoms with Crippen molar-refractivity contribution in [2.24, 2.45) is 7.05 Å². The van der Waals surface area contributed by atoms with Crippen LogP contribution in [0.1, 0.15) is 21.7 Å². The number of nitrogens with one attached hydrogen (secondary N) is 1. The minimum absolute atomic E-state index is 0.245. The standard InChI is InChI=1S/C11H11N5OS/c1-16-5-7(3-12)2-9(16)10(17)14-4-8-6-18-11(13)15-8/h2,5-6H,4H2,1H3,(H2,13,15)(H,14,17). The van der Waals surface area contributed by atoms with Gasteiger partial charge in [-0.25, -0.2) is 4.98 Å². The first kappa shape index (κ1) is 12.1. The molecule has 0 spiro atoms. The fraction of sp³-hybridized carbons (Fsp3) is 0.182. The highest BCUT2D eigenvalue weighted by Crippen LogP contribution is 2.11. The Hall–Kier alpha value is -2.33. The average Bonchev–Trinajstić information content (AvgIpc) is 2.92. The molecule has 0 fully saturated rings. The van der Waals surface area contributed by atoms with Crippen LogP contribution in [-0.2, 0) is 13.6 Å². The lowest BCUT2D eigenvalue weighted by molar-refractivity contribution is 0.0942. The molecule has 0 saturated heterocycles. The lowest BCUT2D eigenvalue weighted by Gasteiger charge is -2.03. The number of nitriles is 1. The van der Waals surface area contributed by atoms with E-state index in [1.165, 1.54) is 11.3 Å². The van der Waals surface area contributed by atoms with E-state index in [9.17, 15) is 4.79 Å². The van der Waals surface area contributed by atoms with E-state index in [4.69, 9.17) is 11.0 Å². The number of anilines is 1. The van der Waals surface area contributed by atoms with E-state index in [0.29, 0.717) is 22.9 Å². The number of nitrogen functional groups attached to an aromatic ring is 1. The number of rotatable bonds is 3. The third-order valence-corrected chi connectivity index (χ3v) is 3.09. The third-order valence-electron chi connectivity index (χ3n) is 2.37. The molecule has 92 valence electrons. The molecule has 0 aliphatic carbocycles. The zero-order valence-electron chi connectivity index (χ0n) is 9.67.